The van der Waals surface area contributed by atoms with Crippen LogP contribution in [0.1, 0.15) is 50.4 Å². The predicted octanol–water partition coefficient (Wildman–Crippen LogP) is 2.21. The van der Waals surface area contributed by atoms with E-state index in [-0.39, 0.29) is 29.9 Å². The van der Waals surface area contributed by atoms with E-state index in [1.54, 1.807) is 57.1 Å². The molecule has 34 heavy (non-hydrogen) atoms. The average molecular weight is 493 g/mol. The molecule has 1 aliphatic heterocycles. The van der Waals surface area contributed by atoms with E-state index in [9.17, 15) is 19.2 Å². The number of hydrogen-bond donors (Lipinski definition) is 3. The minimum absolute atomic E-state index is 0.0446. The summed E-state index contributed by atoms with van der Waals surface area (Å²) in [5, 5.41) is 8.52. The van der Waals surface area contributed by atoms with E-state index in [1.807, 2.05) is 0 Å². The number of aldehydes is 1. The van der Waals surface area contributed by atoms with Crippen molar-refractivity contribution in [2.45, 2.75) is 50.9 Å². The number of carbonyl (C=O) groups excluding carboxylic acids is 4. The molecule has 1 aromatic heterocycles. The number of pyridine rings is 1. The number of ketones is 1. The van der Waals surface area contributed by atoms with Crippen molar-refractivity contribution in [1.29, 1.82) is 0 Å². The Morgan fingerprint density at radius 1 is 1.26 bits per heavy atom. The highest BCUT2D eigenvalue weighted by atomic mass is 32.2. The third-order valence-electron chi connectivity index (χ3n) is 5.40. The van der Waals surface area contributed by atoms with Crippen molar-refractivity contribution in [1.82, 2.24) is 20.9 Å². The molecule has 2 unspecified atom stereocenters. The first-order valence-corrected chi connectivity index (χ1v) is 12.7. The SMILES string of the molecule is CC(C)(C)OC(=O)NCC(=O)NCCSC(C1CCNCC1)C(CC=O)C(=O)c1cccnc1. The molecule has 1 saturated heterocycles. The number of hydrogen-bond acceptors (Lipinski definition) is 8. The van der Waals surface area contributed by atoms with Gasteiger partial charge in [-0.05, 0) is 64.8 Å². The maximum atomic E-state index is 13.3. The second-order valence-corrected chi connectivity index (χ2v) is 10.5. The van der Waals surface area contributed by atoms with Crippen molar-refractivity contribution >= 4 is 35.8 Å². The molecule has 0 spiro atoms. The summed E-state index contributed by atoms with van der Waals surface area (Å²) >= 11 is 1.62. The molecule has 0 aromatic carbocycles. The van der Waals surface area contributed by atoms with Crippen LogP contribution in [-0.2, 0) is 14.3 Å². The highest BCUT2D eigenvalue weighted by molar-refractivity contribution is 8.00. The molecule has 0 aliphatic carbocycles. The minimum atomic E-state index is -0.645. The molecule has 1 aromatic rings. The van der Waals surface area contributed by atoms with E-state index >= 15 is 0 Å². The smallest absolute Gasteiger partial charge is 0.408 e. The number of nitrogens with zero attached hydrogens (tertiary/aromatic N) is 1. The zero-order valence-electron chi connectivity index (χ0n) is 20.2. The lowest BCUT2D eigenvalue weighted by atomic mass is 9.82. The number of aromatic nitrogens is 1. The van der Waals surface area contributed by atoms with Gasteiger partial charge in [0.05, 0.1) is 6.54 Å². The van der Waals surface area contributed by atoms with Gasteiger partial charge in [0.15, 0.2) is 5.78 Å². The number of nitrogens with one attached hydrogen (secondary N) is 3. The summed E-state index contributed by atoms with van der Waals surface area (Å²) in [6, 6.07) is 3.45. The van der Waals surface area contributed by atoms with E-state index in [4.69, 9.17) is 4.74 Å². The summed E-state index contributed by atoms with van der Waals surface area (Å²) in [6.07, 6.45) is 5.35. The lowest BCUT2D eigenvalue weighted by Gasteiger charge is -2.34. The maximum Gasteiger partial charge on any atom is 0.408 e. The van der Waals surface area contributed by atoms with Gasteiger partial charge in [-0.3, -0.25) is 14.6 Å². The first-order chi connectivity index (χ1) is 16.2. The number of carbonyl (C=O) groups is 4. The number of rotatable bonds is 12. The van der Waals surface area contributed by atoms with Gasteiger partial charge in [-0.25, -0.2) is 4.79 Å². The number of piperidine rings is 1. The fourth-order valence-corrected chi connectivity index (χ4v) is 5.39. The van der Waals surface area contributed by atoms with Crippen LogP contribution < -0.4 is 16.0 Å². The van der Waals surface area contributed by atoms with Crippen LogP contribution in [0.5, 0.6) is 0 Å². The van der Waals surface area contributed by atoms with E-state index in [1.165, 1.54) is 0 Å². The Balaban J connectivity index is 1.93. The van der Waals surface area contributed by atoms with E-state index in [0.29, 0.717) is 23.8 Å². The van der Waals surface area contributed by atoms with Crippen molar-refractivity contribution in [3.05, 3.63) is 30.1 Å². The van der Waals surface area contributed by atoms with Crippen LogP contribution in [0.4, 0.5) is 4.79 Å². The second-order valence-electron chi connectivity index (χ2n) is 9.24. The van der Waals surface area contributed by atoms with Gasteiger partial charge in [0.25, 0.3) is 0 Å². The molecule has 1 fully saturated rings. The molecule has 9 nitrogen and oxygen atoms in total. The highest BCUT2D eigenvalue weighted by Gasteiger charge is 2.35. The molecule has 0 bridgehead atoms. The van der Waals surface area contributed by atoms with Crippen LogP contribution in [-0.4, -0.2) is 71.8 Å². The van der Waals surface area contributed by atoms with Gasteiger partial charge in [0.2, 0.25) is 5.91 Å². The van der Waals surface area contributed by atoms with E-state index in [0.717, 1.165) is 32.2 Å². The fraction of sp³-hybridized carbons (Fsp3) is 0.625. The average Bonchev–Trinajstić information content (AvgIpc) is 2.81. The molecule has 0 radical (unpaired) electrons. The Hall–Kier alpha value is -2.46. The lowest BCUT2D eigenvalue weighted by molar-refractivity contribution is -0.120. The molecule has 10 heteroatoms. The van der Waals surface area contributed by atoms with Gasteiger partial charge in [0, 0.05) is 47.8 Å². The molecule has 188 valence electrons. The Morgan fingerprint density at radius 3 is 2.62 bits per heavy atom. The summed E-state index contributed by atoms with van der Waals surface area (Å²) in [4.78, 5) is 52.6. The van der Waals surface area contributed by atoms with Crippen LogP contribution in [0.2, 0.25) is 0 Å². The summed E-state index contributed by atoms with van der Waals surface area (Å²) in [6.45, 7) is 7.21. The lowest BCUT2D eigenvalue weighted by Crippen LogP contribution is -2.41. The Bertz CT molecular complexity index is 809. The van der Waals surface area contributed by atoms with Crippen LogP contribution in [0.15, 0.2) is 24.5 Å². The summed E-state index contributed by atoms with van der Waals surface area (Å²) in [5.74, 6) is 0.0471. The van der Waals surface area contributed by atoms with Gasteiger partial charge >= 0.3 is 6.09 Å². The Labute approximate surface area is 205 Å². The largest absolute Gasteiger partial charge is 0.444 e. The summed E-state index contributed by atoms with van der Waals surface area (Å²) < 4.78 is 5.12. The third kappa shape index (κ3) is 9.80. The van der Waals surface area contributed by atoms with Gasteiger partial charge < -0.3 is 25.5 Å². The molecule has 0 saturated carbocycles. The Kier molecular flexibility index (Phi) is 11.5. The number of amides is 2. The topological polar surface area (TPSA) is 126 Å². The maximum absolute atomic E-state index is 13.3. The second kappa shape index (κ2) is 14.1. The predicted molar refractivity (Wildman–Crippen MR) is 132 cm³/mol. The third-order valence-corrected chi connectivity index (χ3v) is 6.94. The van der Waals surface area contributed by atoms with Crippen molar-refractivity contribution in [2.75, 3.05) is 31.9 Å². The first-order valence-electron chi connectivity index (χ1n) is 11.6. The molecule has 1 aliphatic rings. The van der Waals surface area contributed by atoms with Gasteiger partial charge in [0.1, 0.15) is 11.9 Å². The van der Waals surface area contributed by atoms with E-state index in [2.05, 4.69) is 20.9 Å². The van der Waals surface area contributed by atoms with Crippen molar-refractivity contribution < 1.29 is 23.9 Å². The number of ether oxygens (including phenoxy) is 1. The van der Waals surface area contributed by atoms with Crippen LogP contribution in [0, 0.1) is 11.8 Å². The molecule has 2 rings (SSSR count). The molecular formula is C24H36N4O5S. The number of thioether (sulfide) groups is 1. The van der Waals surface area contributed by atoms with Crippen LogP contribution in [0.25, 0.3) is 0 Å². The zero-order chi connectivity index (χ0) is 25.0. The molecule has 2 heterocycles. The van der Waals surface area contributed by atoms with Crippen LogP contribution in [0.3, 0.4) is 0 Å². The summed E-state index contributed by atoms with van der Waals surface area (Å²) in [7, 11) is 0. The van der Waals surface area contributed by atoms with Crippen molar-refractivity contribution in [3.8, 4) is 0 Å². The van der Waals surface area contributed by atoms with Crippen LogP contribution >= 0.6 is 11.8 Å². The van der Waals surface area contributed by atoms with Crippen molar-refractivity contribution in [2.24, 2.45) is 11.8 Å². The van der Waals surface area contributed by atoms with Crippen molar-refractivity contribution in [3.63, 3.8) is 0 Å². The monoisotopic (exact) mass is 492 g/mol. The molecule has 2 amide bonds. The Morgan fingerprint density at radius 2 is 2.00 bits per heavy atom. The van der Waals surface area contributed by atoms with E-state index < -0.39 is 17.6 Å². The van der Waals surface area contributed by atoms with Gasteiger partial charge in [-0.15, -0.1) is 0 Å². The number of Topliss-reactive ketones (excluding diaryl/α,β-unsaturated/α-hetero) is 1. The quantitative estimate of drug-likeness (QED) is 0.230. The van der Waals surface area contributed by atoms with Gasteiger partial charge in [-0.2, -0.15) is 11.8 Å². The van der Waals surface area contributed by atoms with Gasteiger partial charge in [-0.1, -0.05) is 0 Å². The number of alkyl carbamates (subject to hydrolysis) is 1. The highest BCUT2D eigenvalue weighted by Crippen LogP contribution is 2.35. The molecular weight excluding hydrogens is 456 g/mol. The zero-order valence-corrected chi connectivity index (χ0v) is 21.0. The molecule has 3 N–H and O–H groups in total. The first kappa shape index (κ1) is 27.8. The molecule has 2 atom stereocenters. The fourth-order valence-electron chi connectivity index (χ4n) is 3.88. The normalized spacial score (nSPS) is 16.2. The minimum Gasteiger partial charge on any atom is -0.444 e. The summed E-state index contributed by atoms with van der Waals surface area (Å²) in [5.41, 5.74) is -0.123. The standard InChI is InChI=1S/C24H36N4O5S/c1-24(2,3)33-23(32)28-16-20(30)27-12-14-34-22(17-6-10-25-11-7-17)19(8-13-29)21(31)18-5-4-9-26-15-18/h4-5,9,13,15,17,19,22,25H,6-8,10-12,14,16H2,1-3H3,(H,27,30)(H,28,32).